The molecule has 0 unspecified atom stereocenters. The molecule has 0 bridgehead atoms. The van der Waals surface area contributed by atoms with Gasteiger partial charge in [-0.1, -0.05) is 11.2 Å². The Hall–Kier alpha value is -1.73. The molecule has 0 fully saturated rings. The molecule has 0 aliphatic carbocycles. The Labute approximate surface area is 116 Å². The van der Waals surface area contributed by atoms with Crippen LogP contribution in [0.4, 0.5) is 8.78 Å². The standard InChI is InChI=1S/C13H19F2N3O2/c1-20-8-7-18(6-5-13(16)17-19)9-10-11(14)3-2-4-12(10)15/h2-4,19H,5-9H2,1H3,(H2,16,17). The number of ether oxygens (including phenoxy) is 1. The topological polar surface area (TPSA) is 71.1 Å². The van der Waals surface area contributed by atoms with Crippen molar-refractivity contribution in [2.75, 3.05) is 26.8 Å². The fourth-order valence-electron chi connectivity index (χ4n) is 1.72. The van der Waals surface area contributed by atoms with Crippen LogP contribution in [0.3, 0.4) is 0 Å². The van der Waals surface area contributed by atoms with Crippen LogP contribution < -0.4 is 5.73 Å². The normalized spacial score (nSPS) is 12.1. The predicted molar refractivity (Wildman–Crippen MR) is 71.5 cm³/mol. The van der Waals surface area contributed by atoms with Gasteiger partial charge < -0.3 is 15.7 Å². The number of methoxy groups -OCH3 is 1. The van der Waals surface area contributed by atoms with E-state index in [0.717, 1.165) is 0 Å². The average Bonchev–Trinajstić information content (AvgIpc) is 2.44. The monoisotopic (exact) mass is 287 g/mol. The lowest BCUT2D eigenvalue weighted by molar-refractivity contribution is 0.144. The number of oxime groups is 1. The van der Waals surface area contributed by atoms with Gasteiger partial charge in [0.2, 0.25) is 0 Å². The number of hydrogen-bond acceptors (Lipinski definition) is 4. The molecule has 112 valence electrons. The van der Waals surface area contributed by atoms with E-state index in [4.69, 9.17) is 15.7 Å². The number of halogens is 2. The van der Waals surface area contributed by atoms with E-state index < -0.39 is 11.6 Å². The minimum atomic E-state index is -0.587. The van der Waals surface area contributed by atoms with Gasteiger partial charge in [0, 0.05) is 38.7 Å². The summed E-state index contributed by atoms with van der Waals surface area (Å²) in [5.41, 5.74) is 5.40. The molecule has 3 N–H and O–H groups in total. The molecule has 0 radical (unpaired) electrons. The lowest BCUT2D eigenvalue weighted by Gasteiger charge is -2.22. The molecule has 20 heavy (non-hydrogen) atoms. The lowest BCUT2D eigenvalue weighted by atomic mass is 10.1. The van der Waals surface area contributed by atoms with Crippen molar-refractivity contribution < 1.29 is 18.7 Å². The summed E-state index contributed by atoms with van der Waals surface area (Å²) in [6.07, 6.45) is 0.302. The predicted octanol–water partition coefficient (Wildman–Crippen LogP) is 1.55. The number of nitrogens with zero attached hydrogens (tertiary/aromatic N) is 2. The Balaban J connectivity index is 2.73. The molecule has 0 saturated carbocycles. The fourth-order valence-corrected chi connectivity index (χ4v) is 1.72. The van der Waals surface area contributed by atoms with Crippen molar-refractivity contribution in [3.8, 4) is 0 Å². The van der Waals surface area contributed by atoms with E-state index >= 15 is 0 Å². The highest BCUT2D eigenvalue weighted by atomic mass is 19.1. The zero-order valence-corrected chi connectivity index (χ0v) is 11.4. The zero-order valence-electron chi connectivity index (χ0n) is 11.4. The van der Waals surface area contributed by atoms with Crippen molar-refractivity contribution in [2.45, 2.75) is 13.0 Å². The zero-order chi connectivity index (χ0) is 15.0. The van der Waals surface area contributed by atoms with Crippen LogP contribution in [0.15, 0.2) is 23.4 Å². The first-order chi connectivity index (χ1) is 9.58. The van der Waals surface area contributed by atoms with E-state index in [-0.39, 0.29) is 17.9 Å². The fraction of sp³-hybridized carbons (Fsp3) is 0.462. The van der Waals surface area contributed by atoms with Crippen LogP contribution in [0.2, 0.25) is 0 Å². The van der Waals surface area contributed by atoms with Crippen LogP contribution in [-0.4, -0.2) is 42.7 Å². The highest BCUT2D eigenvalue weighted by molar-refractivity contribution is 5.79. The maximum Gasteiger partial charge on any atom is 0.140 e. The van der Waals surface area contributed by atoms with E-state index in [2.05, 4.69) is 5.16 Å². The maximum atomic E-state index is 13.6. The summed E-state index contributed by atoms with van der Waals surface area (Å²) >= 11 is 0. The van der Waals surface area contributed by atoms with Gasteiger partial charge in [0.1, 0.15) is 17.5 Å². The third-order valence-electron chi connectivity index (χ3n) is 2.87. The Morgan fingerprint density at radius 3 is 2.55 bits per heavy atom. The third-order valence-corrected chi connectivity index (χ3v) is 2.87. The van der Waals surface area contributed by atoms with E-state index in [1.165, 1.54) is 18.2 Å². The van der Waals surface area contributed by atoms with Crippen molar-refractivity contribution in [1.82, 2.24) is 4.90 Å². The van der Waals surface area contributed by atoms with Gasteiger partial charge in [0.05, 0.1) is 6.61 Å². The Morgan fingerprint density at radius 1 is 1.35 bits per heavy atom. The second kappa shape index (κ2) is 8.44. The Kier molecular flexibility index (Phi) is 6.89. The molecule has 0 heterocycles. The first-order valence-electron chi connectivity index (χ1n) is 6.19. The molecule has 1 aromatic rings. The van der Waals surface area contributed by atoms with E-state index in [0.29, 0.717) is 26.1 Å². The van der Waals surface area contributed by atoms with Gasteiger partial charge in [0.15, 0.2) is 0 Å². The van der Waals surface area contributed by atoms with Gasteiger partial charge in [-0.05, 0) is 12.1 Å². The molecule has 7 heteroatoms. The molecule has 0 spiro atoms. The summed E-state index contributed by atoms with van der Waals surface area (Å²) in [6, 6.07) is 3.76. The summed E-state index contributed by atoms with van der Waals surface area (Å²) in [5.74, 6) is -1.10. The minimum Gasteiger partial charge on any atom is -0.409 e. The molecule has 0 aromatic heterocycles. The number of amidine groups is 1. The molecule has 5 nitrogen and oxygen atoms in total. The van der Waals surface area contributed by atoms with Crippen LogP contribution in [0.5, 0.6) is 0 Å². The quantitative estimate of drug-likeness (QED) is 0.329. The highest BCUT2D eigenvalue weighted by Gasteiger charge is 2.14. The maximum absolute atomic E-state index is 13.6. The SMILES string of the molecule is COCCN(CC/C(N)=N/O)Cc1c(F)cccc1F. The smallest absolute Gasteiger partial charge is 0.140 e. The van der Waals surface area contributed by atoms with Gasteiger partial charge >= 0.3 is 0 Å². The summed E-state index contributed by atoms with van der Waals surface area (Å²) in [7, 11) is 1.55. The molecule has 0 atom stereocenters. The number of benzene rings is 1. The summed E-state index contributed by atoms with van der Waals surface area (Å²) < 4.78 is 32.2. The summed E-state index contributed by atoms with van der Waals surface area (Å²) in [4.78, 5) is 1.78. The third kappa shape index (κ3) is 5.10. The van der Waals surface area contributed by atoms with Crippen molar-refractivity contribution in [1.29, 1.82) is 0 Å². The molecule has 0 saturated heterocycles. The number of hydrogen-bond donors (Lipinski definition) is 2. The first kappa shape index (κ1) is 16.3. The Bertz CT molecular complexity index is 435. The van der Waals surface area contributed by atoms with Crippen molar-refractivity contribution >= 4 is 5.84 Å². The lowest BCUT2D eigenvalue weighted by Crippen LogP contribution is -2.31. The number of nitrogens with two attached hydrogens (primary N) is 1. The van der Waals surface area contributed by atoms with Crippen LogP contribution in [0.1, 0.15) is 12.0 Å². The molecule has 1 rings (SSSR count). The van der Waals surface area contributed by atoms with Gasteiger partial charge in [-0.2, -0.15) is 0 Å². The van der Waals surface area contributed by atoms with Gasteiger partial charge in [-0.25, -0.2) is 8.78 Å². The van der Waals surface area contributed by atoms with Crippen LogP contribution >= 0.6 is 0 Å². The molecule has 0 amide bonds. The van der Waals surface area contributed by atoms with Gasteiger partial charge in [-0.3, -0.25) is 4.90 Å². The van der Waals surface area contributed by atoms with Crippen LogP contribution in [-0.2, 0) is 11.3 Å². The van der Waals surface area contributed by atoms with E-state index in [1.807, 2.05) is 0 Å². The summed E-state index contributed by atoms with van der Waals surface area (Å²) in [5, 5.41) is 11.4. The second-order valence-corrected chi connectivity index (χ2v) is 4.31. The van der Waals surface area contributed by atoms with Gasteiger partial charge in [-0.15, -0.1) is 0 Å². The average molecular weight is 287 g/mol. The Morgan fingerprint density at radius 2 is 2.00 bits per heavy atom. The largest absolute Gasteiger partial charge is 0.409 e. The van der Waals surface area contributed by atoms with E-state index in [9.17, 15) is 8.78 Å². The van der Waals surface area contributed by atoms with Gasteiger partial charge in [0.25, 0.3) is 0 Å². The molecule has 0 aliphatic rings. The second-order valence-electron chi connectivity index (χ2n) is 4.31. The van der Waals surface area contributed by atoms with Crippen molar-refractivity contribution in [3.63, 3.8) is 0 Å². The van der Waals surface area contributed by atoms with E-state index in [1.54, 1.807) is 12.0 Å². The first-order valence-corrected chi connectivity index (χ1v) is 6.19. The highest BCUT2D eigenvalue weighted by Crippen LogP contribution is 2.14. The molecule has 1 aromatic carbocycles. The van der Waals surface area contributed by atoms with Crippen LogP contribution in [0.25, 0.3) is 0 Å². The molecular formula is C13H19F2N3O2. The van der Waals surface area contributed by atoms with Crippen LogP contribution in [0, 0.1) is 11.6 Å². The minimum absolute atomic E-state index is 0.00288. The number of rotatable bonds is 8. The van der Waals surface area contributed by atoms with Crippen molar-refractivity contribution in [2.24, 2.45) is 10.9 Å². The summed E-state index contributed by atoms with van der Waals surface area (Å²) in [6.45, 7) is 1.42. The van der Waals surface area contributed by atoms with Crippen molar-refractivity contribution in [3.05, 3.63) is 35.4 Å². The molecular weight excluding hydrogens is 268 g/mol. The molecule has 0 aliphatic heterocycles.